The van der Waals surface area contributed by atoms with Gasteiger partial charge in [0.2, 0.25) is 0 Å². The Kier molecular flexibility index (Phi) is 5.26. The zero-order chi connectivity index (χ0) is 11.8. The van der Waals surface area contributed by atoms with E-state index in [0.29, 0.717) is 13.2 Å². The Hall–Kier alpha value is -1.64. The molecule has 0 N–H and O–H groups in total. The molecule has 0 aliphatic heterocycles. The van der Waals surface area contributed by atoms with Gasteiger partial charge in [-0.2, -0.15) is 0 Å². The van der Waals surface area contributed by atoms with Gasteiger partial charge >= 0.3 is 0 Å². The van der Waals surface area contributed by atoms with E-state index in [-0.39, 0.29) is 0 Å². The maximum Gasteiger partial charge on any atom is 0.161 e. The molecule has 0 radical (unpaired) electrons. The molecule has 16 heavy (non-hydrogen) atoms. The van der Waals surface area contributed by atoms with Gasteiger partial charge in [0.15, 0.2) is 11.5 Å². The van der Waals surface area contributed by atoms with Crippen molar-refractivity contribution in [2.24, 2.45) is 0 Å². The minimum Gasteiger partial charge on any atom is -0.498 e. The second kappa shape index (κ2) is 6.77. The van der Waals surface area contributed by atoms with E-state index in [4.69, 9.17) is 14.2 Å². The topological polar surface area (TPSA) is 27.7 Å². The first kappa shape index (κ1) is 12.4. The molecule has 0 amide bonds. The molecule has 0 saturated carbocycles. The van der Waals surface area contributed by atoms with Crippen molar-refractivity contribution in [2.75, 3.05) is 20.3 Å². The van der Waals surface area contributed by atoms with Crippen molar-refractivity contribution in [3.05, 3.63) is 36.6 Å². The van der Waals surface area contributed by atoms with Gasteiger partial charge < -0.3 is 14.2 Å². The molecule has 0 saturated heterocycles. The van der Waals surface area contributed by atoms with E-state index in [0.717, 1.165) is 17.9 Å². The molecule has 0 unspecified atom stereocenters. The monoisotopic (exact) mass is 222 g/mol. The summed E-state index contributed by atoms with van der Waals surface area (Å²) in [4.78, 5) is 0. The lowest BCUT2D eigenvalue weighted by molar-refractivity contribution is 0.176. The molecule has 1 aromatic carbocycles. The van der Waals surface area contributed by atoms with E-state index in [1.807, 2.05) is 18.2 Å². The van der Waals surface area contributed by atoms with Gasteiger partial charge in [0.1, 0.15) is 13.2 Å². The minimum atomic E-state index is 0.480. The fraction of sp³-hybridized carbons (Fsp3) is 0.385. The first-order chi connectivity index (χ1) is 7.81. The lowest BCUT2D eigenvalue weighted by Crippen LogP contribution is -2.05. The summed E-state index contributed by atoms with van der Waals surface area (Å²) in [5.74, 6) is 1.50. The summed E-state index contributed by atoms with van der Waals surface area (Å²) >= 11 is 0. The number of aryl methyl sites for hydroxylation is 1. The zero-order valence-electron chi connectivity index (χ0n) is 9.86. The zero-order valence-corrected chi connectivity index (χ0v) is 9.86. The van der Waals surface area contributed by atoms with E-state index in [1.54, 1.807) is 7.11 Å². The van der Waals surface area contributed by atoms with Crippen LogP contribution in [0.1, 0.15) is 12.5 Å². The third kappa shape index (κ3) is 3.50. The fourth-order valence-corrected chi connectivity index (χ4v) is 1.33. The first-order valence-corrected chi connectivity index (χ1v) is 5.34. The van der Waals surface area contributed by atoms with Gasteiger partial charge in [-0.1, -0.05) is 19.6 Å². The van der Waals surface area contributed by atoms with Crippen molar-refractivity contribution >= 4 is 0 Å². The molecule has 0 fully saturated rings. The van der Waals surface area contributed by atoms with Crippen molar-refractivity contribution < 1.29 is 14.2 Å². The molecule has 0 bridgehead atoms. The van der Waals surface area contributed by atoms with Crippen molar-refractivity contribution in [1.29, 1.82) is 0 Å². The van der Waals surface area contributed by atoms with Crippen LogP contribution < -0.4 is 9.47 Å². The molecular formula is C13H18O3. The molecule has 1 aromatic rings. The molecule has 3 heteroatoms. The van der Waals surface area contributed by atoms with Crippen LogP contribution in [0.3, 0.4) is 0 Å². The Morgan fingerprint density at radius 1 is 1.25 bits per heavy atom. The number of ether oxygens (including phenoxy) is 3. The Labute approximate surface area is 96.6 Å². The summed E-state index contributed by atoms with van der Waals surface area (Å²) in [7, 11) is 1.64. The summed E-state index contributed by atoms with van der Waals surface area (Å²) in [6.07, 6.45) is 2.39. The lowest BCUT2D eigenvalue weighted by Gasteiger charge is -2.11. The third-order valence-electron chi connectivity index (χ3n) is 2.21. The minimum absolute atomic E-state index is 0.480. The molecule has 1 rings (SSSR count). The van der Waals surface area contributed by atoms with Crippen LogP contribution in [-0.2, 0) is 11.2 Å². The smallest absolute Gasteiger partial charge is 0.161 e. The second-order valence-corrected chi connectivity index (χ2v) is 3.22. The summed E-state index contributed by atoms with van der Waals surface area (Å²) < 4.78 is 15.8. The van der Waals surface area contributed by atoms with Crippen LogP contribution in [0.25, 0.3) is 0 Å². The quantitative estimate of drug-likeness (QED) is 0.524. The second-order valence-electron chi connectivity index (χ2n) is 3.22. The maximum absolute atomic E-state index is 5.53. The number of rotatable bonds is 7. The Bertz CT molecular complexity index is 334. The summed E-state index contributed by atoms with van der Waals surface area (Å²) in [5, 5.41) is 0. The first-order valence-electron chi connectivity index (χ1n) is 5.34. The molecule has 0 atom stereocenters. The van der Waals surface area contributed by atoms with E-state index in [2.05, 4.69) is 13.5 Å². The summed E-state index contributed by atoms with van der Waals surface area (Å²) in [6.45, 7) is 6.53. The largest absolute Gasteiger partial charge is 0.498 e. The fourth-order valence-electron chi connectivity index (χ4n) is 1.33. The number of hydrogen-bond donors (Lipinski definition) is 0. The number of benzene rings is 1. The Morgan fingerprint density at radius 3 is 2.69 bits per heavy atom. The van der Waals surface area contributed by atoms with Crippen LogP contribution in [0.15, 0.2) is 31.0 Å². The molecule has 0 aromatic heterocycles. The average Bonchev–Trinajstić information content (AvgIpc) is 2.34. The van der Waals surface area contributed by atoms with Crippen LogP contribution in [0.5, 0.6) is 11.5 Å². The highest BCUT2D eigenvalue weighted by Crippen LogP contribution is 2.28. The van der Waals surface area contributed by atoms with Crippen LogP contribution in [0.4, 0.5) is 0 Å². The third-order valence-corrected chi connectivity index (χ3v) is 2.21. The highest BCUT2D eigenvalue weighted by molar-refractivity contribution is 5.42. The van der Waals surface area contributed by atoms with E-state index in [1.165, 1.54) is 11.8 Å². The van der Waals surface area contributed by atoms with Gasteiger partial charge in [-0.15, -0.1) is 0 Å². The summed E-state index contributed by atoms with van der Waals surface area (Å²) in [6, 6.07) is 5.95. The molecule has 88 valence electrons. The normalized spacial score (nSPS) is 9.62. The van der Waals surface area contributed by atoms with Crippen molar-refractivity contribution in [3.8, 4) is 11.5 Å². The van der Waals surface area contributed by atoms with Crippen molar-refractivity contribution in [3.63, 3.8) is 0 Å². The van der Waals surface area contributed by atoms with Crippen LogP contribution >= 0.6 is 0 Å². The average molecular weight is 222 g/mol. The Morgan fingerprint density at radius 2 is 2.06 bits per heavy atom. The van der Waals surface area contributed by atoms with Crippen LogP contribution in [0, 0.1) is 0 Å². The van der Waals surface area contributed by atoms with Crippen molar-refractivity contribution in [2.45, 2.75) is 13.3 Å². The van der Waals surface area contributed by atoms with E-state index >= 15 is 0 Å². The number of methoxy groups -OCH3 is 1. The van der Waals surface area contributed by atoms with Gasteiger partial charge in [0.25, 0.3) is 0 Å². The van der Waals surface area contributed by atoms with E-state index in [9.17, 15) is 0 Å². The standard InChI is InChI=1S/C13H18O3/c1-4-11-6-7-12(13(10-11)14-3)16-9-8-15-5-2/h5-7,10H,2,4,8-9H2,1,3H3. The lowest BCUT2D eigenvalue weighted by atomic mass is 10.1. The Balaban J connectivity index is 2.60. The van der Waals surface area contributed by atoms with Crippen LogP contribution in [0.2, 0.25) is 0 Å². The highest BCUT2D eigenvalue weighted by Gasteiger charge is 2.04. The molecule has 0 aliphatic rings. The van der Waals surface area contributed by atoms with Gasteiger partial charge in [-0.25, -0.2) is 0 Å². The van der Waals surface area contributed by atoms with E-state index < -0.39 is 0 Å². The number of hydrogen-bond acceptors (Lipinski definition) is 3. The van der Waals surface area contributed by atoms with Gasteiger partial charge in [-0.3, -0.25) is 0 Å². The predicted octanol–water partition coefficient (Wildman–Crippen LogP) is 2.80. The molecule has 0 spiro atoms. The van der Waals surface area contributed by atoms with Crippen LogP contribution in [-0.4, -0.2) is 20.3 Å². The molecule has 0 aliphatic carbocycles. The van der Waals surface area contributed by atoms with Gasteiger partial charge in [0.05, 0.1) is 13.4 Å². The SMILES string of the molecule is C=COCCOc1ccc(CC)cc1OC. The molecule has 0 heterocycles. The molecular weight excluding hydrogens is 204 g/mol. The van der Waals surface area contributed by atoms with Crippen molar-refractivity contribution in [1.82, 2.24) is 0 Å². The summed E-state index contributed by atoms with van der Waals surface area (Å²) in [5.41, 5.74) is 1.23. The van der Waals surface area contributed by atoms with Gasteiger partial charge in [-0.05, 0) is 24.1 Å². The molecule has 3 nitrogen and oxygen atoms in total. The highest BCUT2D eigenvalue weighted by atomic mass is 16.5. The predicted molar refractivity (Wildman–Crippen MR) is 64.0 cm³/mol. The van der Waals surface area contributed by atoms with Gasteiger partial charge in [0, 0.05) is 0 Å². The maximum atomic E-state index is 5.53.